The number of benzene rings is 3. The summed E-state index contributed by atoms with van der Waals surface area (Å²) in [4.78, 5) is 0. The van der Waals surface area contributed by atoms with Gasteiger partial charge in [0.05, 0.1) is 0 Å². The Kier molecular flexibility index (Phi) is 4.57. The van der Waals surface area contributed by atoms with Gasteiger partial charge in [0.15, 0.2) is 0 Å². The Bertz CT molecular complexity index is 844. The zero-order valence-corrected chi connectivity index (χ0v) is 14.4. The Hall–Kier alpha value is -2.35. The van der Waals surface area contributed by atoms with Gasteiger partial charge in [-0.05, 0) is 52.0 Å². The normalized spacial score (nSPS) is 12.8. The largest absolute Gasteiger partial charge is 0.324 e. The van der Waals surface area contributed by atoms with Crippen LogP contribution in [0.4, 0.5) is 0 Å². The van der Waals surface area contributed by atoms with Gasteiger partial charge in [-0.2, -0.15) is 0 Å². The Morgan fingerprint density at radius 3 is 1.62 bits per heavy atom. The molecule has 0 saturated carbocycles. The lowest BCUT2D eigenvalue weighted by molar-refractivity contribution is 0.818. The van der Waals surface area contributed by atoms with E-state index in [2.05, 4.69) is 78.9 Å². The van der Waals surface area contributed by atoms with E-state index in [4.69, 9.17) is 5.73 Å². The molecule has 0 bridgehead atoms. The van der Waals surface area contributed by atoms with Crippen LogP contribution in [-0.2, 0) is 0 Å². The zero-order valence-electron chi connectivity index (χ0n) is 13.6. The molecule has 0 aromatic heterocycles. The van der Waals surface area contributed by atoms with Crippen LogP contribution in [0.2, 0.25) is 0 Å². The van der Waals surface area contributed by atoms with Crippen LogP contribution in [0.25, 0.3) is 22.8 Å². The fraction of sp³-hybridized carbons (Fsp3) is 0.0909. The minimum Gasteiger partial charge on any atom is -0.324 e. The lowest BCUT2D eigenvalue weighted by Gasteiger charge is -2.07. The number of hydrogen-bond acceptors (Lipinski definition) is 1. The number of fused-ring (bicyclic) bond motifs is 3. The highest BCUT2D eigenvalue weighted by Gasteiger charge is 2.22. The first-order valence-corrected chi connectivity index (χ1v) is 8.00. The van der Waals surface area contributed by atoms with Gasteiger partial charge < -0.3 is 5.73 Å². The monoisotopic (exact) mass is 333 g/mol. The van der Waals surface area contributed by atoms with E-state index < -0.39 is 0 Å². The summed E-state index contributed by atoms with van der Waals surface area (Å²) >= 11 is 0. The Morgan fingerprint density at radius 1 is 0.708 bits per heavy atom. The third-order valence-electron chi connectivity index (χ3n) is 4.50. The molecule has 0 saturated heterocycles. The van der Waals surface area contributed by atoms with Gasteiger partial charge in [-0.3, -0.25) is 0 Å². The lowest BCUT2D eigenvalue weighted by atomic mass is 10.00. The van der Waals surface area contributed by atoms with Crippen molar-refractivity contribution in [1.82, 2.24) is 0 Å². The van der Waals surface area contributed by atoms with Crippen LogP contribution in [0.15, 0.2) is 72.8 Å². The molecule has 0 fully saturated rings. The van der Waals surface area contributed by atoms with E-state index in [9.17, 15) is 0 Å². The van der Waals surface area contributed by atoms with Crippen LogP contribution in [0.3, 0.4) is 0 Å². The maximum Gasteiger partial charge on any atom is 0.0266 e. The molecule has 0 aliphatic heterocycles. The van der Waals surface area contributed by atoms with Crippen molar-refractivity contribution >= 4 is 24.1 Å². The van der Waals surface area contributed by atoms with E-state index in [1.807, 2.05) is 6.92 Å². The summed E-state index contributed by atoms with van der Waals surface area (Å²) in [7, 11) is 0. The zero-order chi connectivity index (χ0) is 15.8. The molecule has 3 aromatic carbocycles. The summed E-state index contributed by atoms with van der Waals surface area (Å²) in [6, 6.07) is 25.8. The standard InChI is InChI=1S/C22H19N.ClH/c1-15(23)17-12-10-16(11-13-17)14-22-20-8-4-2-6-18(20)19-7-3-5-9-21(19)22;/h2-15H,23H2,1H3;1H. The molecule has 1 unspecified atom stereocenters. The first-order chi connectivity index (χ1) is 11.2. The van der Waals surface area contributed by atoms with Gasteiger partial charge in [0, 0.05) is 6.04 Å². The number of hydrogen-bond donors (Lipinski definition) is 1. The third-order valence-corrected chi connectivity index (χ3v) is 4.50. The van der Waals surface area contributed by atoms with Gasteiger partial charge in [-0.1, -0.05) is 72.8 Å². The van der Waals surface area contributed by atoms with E-state index in [0.717, 1.165) is 0 Å². The summed E-state index contributed by atoms with van der Waals surface area (Å²) in [5.41, 5.74) is 14.9. The molecule has 1 atom stereocenters. The number of halogens is 1. The molecule has 0 radical (unpaired) electrons. The van der Waals surface area contributed by atoms with Crippen LogP contribution in [-0.4, -0.2) is 0 Å². The smallest absolute Gasteiger partial charge is 0.0266 e. The van der Waals surface area contributed by atoms with Crippen LogP contribution < -0.4 is 5.73 Å². The molecule has 2 heteroatoms. The second-order valence-electron chi connectivity index (χ2n) is 6.10. The second-order valence-corrected chi connectivity index (χ2v) is 6.10. The average molecular weight is 334 g/mol. The average Bonchev–Trinajstić information content (AvgIpc) is 2.90. The van der Waals surface area contributed by atoms with Crippen LogP contribution in [0.1, 0.15) is 35.2 Å². The quantitative estimate of drug-likeness (QED) is 0.500. The van der Waals surface area contributed by atoms with Crippen molar-refractivity contribution in [2.24, 2.45) is 5.73 Å². The van der Waals surface area contributed by atoms with Crippen molar-refractivity contribution in [3.05, 3.63) is 95.1 Å². The van der Waals surface area contributed by atoms with Crippen LogP contribution in [0.5, 0.6) is 0 Å². The first-order valence-electron chi connectivity index (χ1n) is 8.00. The Labute approximate surface area is 149 Å². The highest BCUT2D eigenvalue weighted by atomic mass is 35.5. The molecule has 1 nitrogen and oxygen atoms in total. The summed E-state index contributed by atoms with van der Waals surface area (Å²) in [5, 5.41) is 0. The van der Waals surface area contributed by atoms with E-state index in [0.29, 0.717) is 0 Å². The lowest BCUT2D eigenvalue weighted by Crippen LogP contribution is -2.04. The van der Waals surface area contributed by atoms with Crippen LogP contribution in [0, 0.1) is 0 Å². The van der Waals surface area contributed by atoms with Crippen molar-refractivity contribution in [2.45, 2.75) is 13.0 Å². The van der Waals surface area contributed by atoms with Crippen molar-refractivity contribution in [2.75, 3.05) is 0 Å². The summed E-state index contributed by atoms with van der Waals surface area (Å²) in [6.45, 7) is 2.01. The predicted octanol–water partition coefficient (Wildman–Crippen LogP) is 5.70. The fourth-order valence-electron chi connectivity index (χ4n) is 3.27. The second kappa shape index (κ2) is 6.64. The van der Waals surface area contributed by atoms with Gasteiger partial charge in [0.2, 0.25) is 0 Å². The minimum atomic E-state index is 0. The fourth-order valence-corrected chi connectivity index (χ4v) is 3.27. The van der Waals surface area contributed by atoms with Crippen LogP contribution >= 0.6 is 12.4 Å². The molecule has 120 valence electrons. The minimum absolute atomic E-state index is 0. The molecule has 3 aromatic rings. The maximum atomic E-state index is 5.94. The molecule has 1 aliphatic rings. The van der Waals surface area contributed by atoms with Crippen molar-refractivity contribution in [3.8, 4) is 11.1 Å². The topological polar surface area (TPSA) is 26.0 Å². The molecular formula is C22H20ClN. The highest BCUT2D eigenvalue weighted by molar-refractivity contribution is 6.06. The molecule has 0 amide bonds. The van der Waals surface area contributed by atoms with Gasteiger partial charge in [-0.15, -0.1) is 12.4 Å². The Morgan fingerprint density at radius 2 is 1.17 bits per heavy atom. The van der Waals surface area contributed by atoms with Gasteiger partial charge in [0.1, 0.15) is 0 Å². The SMILES string of the molecule is CC(N)c1ccc(C=C2c3ccccc3-c3ccccc32)cc1.Cl. The van der Waals surface area contributed by atoms with E-state index in [-0.39, 0.29) is 18.4 Å². The molecule has 0 heterocycles. The van der Waals surface area contributed by atoms with Gasteiger partial charge >= 0.3 is 0 Å². The predicted molar refractivity (Wildman–Crippen MR) is 105 cm³/mol. The Balaban J connectivity index is 0.00000169. The molecule has 4 rings (SSSR count). The first kappa shape index (κ1) is 16.5. The molecule has 0 spiro atoms. The van der Waals surface area contributed by atoms with E-state index >= 15 is 0 Å². The van der Waals surface area contributed by atoms with Crippen molar-refractivity contribution in [3.63, 3.8) is 0 Å². The molecular weight excluding hydrogens is 314 g/mol. The van der Waals surface area contributed by atoms with Gasteiger partial charge in [0.25, 0.3) is 0 Å². The molecule has 24 heavy (non-hydrogen) atoms. The number of nitrogens with two attached hydrogens (primary N) is 1. The third kappa shape index (κ3) is 2.77. The summed E-state index contributed by atoms with van der Waals surface area (Å²) < 4.78 is 0. The number of rotatable bonds is 2. The maximum absolute atomic E-state index is 5.94. The molecule has 2 N–H and O–H groups in total. The summed E-state index contributed by atoms with van der Waals surface area (Å²) in [5.74, 6) is 0. The summed E-state index contributed by atoms with van der Waals surface area (Å²) in [6.07, 6.45) is 2.27. The molecule has 1 aliphatic carbocycles. The van der Waals surface area contributed by atoms with Crippen molar-refractivity contribution < 1.29 is 0 Å². The van der Waals surface area contributed by atoms with E-state index in [1.54, 1.807) is 0 Å². The van der Waals surface area contributed by atoms with Crippen molar-refractivity contribution in [1.29, 1.82) is 0 Å². The highest BCUT2D eigenvalue weighted by Crippen LogP contribution is 2.44. The van der Waals surface area contributed by atoms with Gasteiger partial charge in [-0.25, -0.2) is 0 Å². The van der Waals surface area contributed by atoms with E-state index in [1.165, 1.54) is 39.0 Å².